The summed E-state index contributed by atoms with van der Waals surface area (Å²) in [4.78, 5) is 12.2. The fourth-order valence-corrected chi connectivity index (χ4v) is 2.95. The van der Waals surface area contributed by atoms with Crippen molar-refractivity contribution in [2.75, 3.05) is 34.4 Å². The average molecular weight is 378 g/mol. The van der Waals surface area contributed by atoms with E-state index in [1.807, 2.05) is 18.2 Å². The minimum Gasteiger partial charge on any atom is -0.497 e. The van der Waals surface area contributed by atoms with Crippen LogP contribution in [0.5, 0.6) is 5.75 Å². The lowest BCUT2D eigenvalue weighted by Crippen LogP contribution is -2.24. The fraction of sp³-hybridized carbons (Fsp3) is 0.350. The molecule has 0 radical (unpaired) electrons. The highest BCUT2D eigenvalue weighted by Gasteiger charge is 2.20. The molecule has 0 fully saturated rings. The molecule has 0 aromatic heterocycles. The summed E-state index contributed by atoms with van der Waals surface area (Å²) in [5.41, 5.74) is 1.58. The first-order chi connectivity index (χ1) is 12.6. The number of methoxy groups -OCH3 is 3. The fourth-order valence-electron chi connectivity index (χ4n) is 2.60. The van der Waals surface area contributed by atoms with E-state index in [0.717, 1.165) is 11.3 Å². The van der Waals surface area contributed by atoms with E-state index in [0.29, 0.717) is 29.3 Å². The topological polar surface area (TPSA) is 56.8 Å². The number of nitrogens with one attached hydrogen (secondary N) is 1. The minimum atomic E-state index is -0.300. The van der Waals surface area contributed by atoms with Gasteiger partial charge >= 0.3 is 0 Å². The number of ether oxygens (including phenoxy) is 3. The number of halogens is 1. The first kappa shape index (κ1) is 20.2. The van der Waals surface area contributed by atoms with Crippen LogP contribution in [0.4, 0.5) is 0 Å². The van der Waals surface area contributed by atoms with Crippen molar-refractivity contribution in [2.45, 2.75) is 12.5 Å². The molecule has 0 heterocycles. The van der Waals surface area contributed by atoms with E-state index < -0.39 is 0 Å². The summed E-state index contributed by atoms with van der Waals surface area (Å²) >= 11 is 6.45. The molecule has 2 rings (SSSR count). The van der Waals surface area contributed by atoms with Gasteiger partial charge in [-0.25, -0.2) is 0 Å². The smallest absolute Gasteiger partial charge is 0.176 e. The predicted molar refractivity (Wildman–Crippen MR) is 103 cm³/mol. The van der Waals surface area contributed by atoms with Gasteiger partial charge in [-0.05, 0) is 48.9 Å². The third-order valence-electron chi connectivity index (χ3n) is 4.08. The molecule has 0 saturated heterocycles. The molecule has 6 heteroatoms. The Hall–Kier alpha value is -2.08. The zero-order chi connectivity index (χ0) is 18.9. The van der Waals surface area contributed by atoms with Gasteiger partial charge in [-0.1, -0.05) is 23.8 Å². The zero-order valence-corrected chi connectivity index (χ0v) is 16.0. The van der Waals surface area contributed by atoms with E-state index in [1.54, 1.807) is 45.6 Å². The number of Topliss-reactive ketones (excluding diaryl/α,β-unsaturated/α-hetero) is 1. The van der Waals surface area contributed by atoms with Crippen molar-refractivity contribution in [3.63, 3.8) is 0 Å². The SMILES string of the molecule is COC1=C(Cl)C(CCNCC(=O)c2ccc(OC)cc2)=CC=CC1OC. The Morgan fingerprint density at radius 2 is 1.88 bits per heavy atom. The van der Waals surface area contributed by atoms with Crippen LogP contribution in [0.3, 0.4) is 0 Å². The van der Waals surface area contributed by atoms with Crippen molar-refractivity contribution in [3.05, 3.63) is 64.4 Å². The molecule has 1 aliphatic rings. The number of hydrogen-bond donors (Lipinski definition) is 1. The molecular formula is C20H24ClNO4. The molecule has 1 atom stereocenters. The number of benzene rings is 1. The highest BCUT2D eigenvalue weighted by molar-refractivity contribution is 6.32. The van der Waals surface area contributed by atoms with Gasteiger partial charge in [0.1, 0.15) is 17.6 Å². The second-order valence-corrected chi connectivity index (χ2v) is 6.07. The van der Waals surface area contributed by atoms with Gasteiger partial charge in [-0.15, -0.1) is 0 Å². The Labute approximate surface area is 159 Å². The number of allylic oxidation sites excluding steroid dienone is 3. The maximum atomic E-state index is 12.2. The maximum absolute atomic E-state index is 12.2. The highest BCUT2D eigenvalue weighted by Crippen LogP contribution is 2.28. The molecule has 0 saturated carbocycles. The quantitative estimate of drug-likeness (QED) is 0.527. The third-order valence-corrected chi connectivity index (χ3v) is 4.51. The van der Waals surface area contributed by atoms with Crippen LogP contribution >= 0.6 is 11.6 Å². The highest BCUT2D eigenvalue weighted by atomic mass is 35.5. The van der Waals surface area contributed by atoms with Crippen molar-refractivity contribution in [1.29, 1.82) is 0 Å². The summed E-state index contributed by atoms with van der Waals surface area (Å²) in [6, 6.07) is 7.08. The predicted octanol–water partition coefficient (Wildman–Crippen LogP) is 3.47. The van der Waals surface area contributed by atoms with Gasteiger partial charge in [0.05, 0.1) is 25.8 Å². The van der Waals surface area contributed by atoms with Gasteiger partial charge in [0.15, 0.2) is 5.78 Å². The van der Waals surface area contributed by atoms with Gasteiger partial charge in [0, 0.05) is 12.7 Å². The summed E-state index contributed by atoms with van der Waals surface area (Å²) in [6.45, 7) is 0.876. The number of carbonyl (C=O) groups excluding carboxylic acids is 1. The van der Waals surface area contributed by atoms with Crippen LogP contribution in [-0.4, -0.2) is 46.3 Å². The van der Waals surface area contributed by atoms with Crippen LogP contribution in [0.2, 0.25) is 0 Å². The van der Waals surface area contributed by atoms with Crippen molar-refractivity contribution in [3.8, 4) is 5.75 Å². The Bertz CT molecular complexity index is 707. The molecular weight excluding hydrogens is 354 g/mol. The number of rotatable bonds is 9. The molecule has 0 bridgehead atoms. The Morgan fingerprint density at radius 3 is 2.50 bits per heavy atom. The Morgan fingerprint density at radius 1 is 1.15 bits per heavy atom. The molecule has 0 spiro atoms. The van der Waals surface area contributed by atoms with Gasteiger partial charge in [-0.3, -0.25) is 4.79 Å². The van der Waals surface area contributed by atoms with E-state index in [4.69, 9.17) is 25.8 Å². The molecule has 0 aliphatic heterocycles. The maximum Gasteiger partial charge on any atom is 0.176 e. The molecule has 1 aromatic carbocycles. The van der Waals surface area contributed by atoms with E-state index in [-0.39, 0.29) is 18.4 Å². The number of ketones is 1. The summed E-state index contributed by atoms with van der Waals surface area (Å²) < 4.78 is 15.8. The number of carbonyl (C=O) groups is 1. The van der Waals surface area contributed by atoms with Crippen molar-refractivity contribution >= 4 is 17.4 Å². The van der Waals surface area contributed by atoms with Crippen LogP contribution in [0, 0.1) is 0 Å². The Balaban J connectivity index is 1.87. The van der Waals surface area contributed by atoms with E-state index in [9.17, 15) is 4.79 Å². The van der Waals surface area contributed by atoms with Gasteiger partial charge < -0.3 is 19.5 Å². The van der Waals surface area contributed by atoms with E-state index in [2.05, 4.69) is 5.32 Å². The molecule has 1 aromatic rings. The van der Waals surface area contributed by atoms with Crippen molar-refractivity contribution in [1.82, 2.24) is 5.32 Å². The largest absolute Gasteiger partial charge is 0.497 e. The lowest BCUT2D eigenvalue weighted by molar-refractivity contribution is 0.0991. The van der Waals surface area contributed by atoms with Crippen LogP contribution < -0.4 is 10.1 Å². The Kier molecular flexibility index (Phi) is 7.91. The normalized spacial score (nSPS) is 16.9. The lowest BCUT2D eigenvalue weighted by Gasteiger charge is -2.16. The standard InChI is InChI=1S/C20H24ClNO4/c1-24-16-9-7-14(8-10-16)17(23)13-22-12-11-15-5-4-6-18(25-2)20(26-3)19(15)21/h4-10,18,22H,11-13H2,1-3H3. The van der Waals surface area contributed by atoms with Crippen molar-refractivity contribution < 1.29 is 19.0 Å². The average Bonchev–Trinajstić information content (AvgIpc) is 2.83. The molecule has 1 unspecified atom stereocenters. The van der Waals surface area contributed by atoms with Crippen LogP contribution in [0.1, 0.15) is 16.8 Å². The third kappa shape index (κ3) is 5.21. The monoisotopic (exact) mass is 377 g/mol. The second-order valence-electron chi connectivity index (χ2n) is 5.69. The molecule has 0 amide bonds. The number of hydrogen-bond acceptors (Lipinski definition) is 5. The first-order valence-electron chi connectivity index (χ1n) is 8.32. The molecule has 1 aliphatic carbocycles. The van der Waals surface area contributed by atoms with Crippen LogP contribution in [-0.2, 0) is 9.47 Å². The van der Waals surface area contributed by atoms with Gasteiger partial charge in [0.25, 0.3) is 0 Å². The molecule has 26 heavy (non-hydrogen) atoms. The second kappa shape index (κ2) is 10.2. The van der Waals surface area contributed by atoms with Crippen LogP contribution in [0.15, 0.2) is 58.9 Å². The molecule has 140 valence electrons. The van der Waals surface area contributed by atoms with Crippen LogP contribution in [0.25, 0.3) is 0 Å². The summed E-state index contributed by atoms with van der Waals surface area (Å²) in [5, 5.41) is 3.71. The lowest BCUT2D eigenvalue weighted by atomic mass is 10.1. The molecule has 1 N–H and O–H groups in total. The zero-order valence-electron chi connectivity index (χ0n) is 15.3. The van der Waals surface area contributed by atoms with Gasteiger partial charge in [0.2, 0.25) is 0 Å². The minimum absolute atomic E-state index is 0.0288. The van der Waals surface area contributed by atoms with E-state index in [1.165, 1.54) is 0 Å². The summed E-state index contributed by atoms with van der Waals surface area (Å²) in [6.07, 6.45) is 6.09. The van der Waals surface area contributed by atoms with Crippen molar-refractivity contribution in [2.24, 2.45) is 0 Å². The summed E-state index contributed by atoms with van der Waals surface area (Å²) in [5.74, 6) is 1.34. The summed E-state index contributed by atoms with van der Waals surface area (Å²) in [7, 11) is 4.78. The van der Waals surface area contributed by atoms with Gasteiger partial charge in [-0.2, -0.15) is 0 Å². The molecule has 5 nitrogen and oxygen atoms in total. The first-order valence-corrected chi connectivity index (χ1v) is 8.70. The van der Waals surface area contributed by atoms with E-state index >= 15 is 0 Å².